The Hall–Kier alpha value is -2.76. The highest BCUT2D eigenvalue weighted by atomic mass is 16.5. The van der Waals surface area contributed by atoms with Gasteiger partial charge in [0, 0.05) is 14.1 Å². The lowest BCUT2D eigenvalue weighted by atomic mass is 10.1. The molecule has 0 spiro atoms. The number of benzene rings is 1. The molecule has 0 atom stereocenters. The van der Waals surface area contributed by atoms with Gasteiger partial charge in [-0.25, -0.2) is 4.79 Å². The van der Waals surface area contributed by atoms with Gasteiger partial charge in [0.25, 0.3) is 5.56 Å². The van der Waals surface area contributed by atoms with E-state index >= 15 is 0 Å². The predicted octanol–water partition coefficient (Wildman–Crippen LogP) is 2.33. The summed E-state index contributed by atoms with van der Waals surface area (Å²) in [6.45, 7) is 6.00. The first-order chi connectivity index (χ1) is 11.3. The third-order valence-corrected chi connectivity index (χ3v) is 4.29. The molecule has 0 aliphatic carbocycles. The van der Waals surface area contributed by atoms with E-state index in [9.17, 15) is 9.59 Å². The third kappa shape index (κ3) is 2.44. The number of ether oxygens (including phenoxy) is 1. The average molecular weight is 328 g/mol. The highest BCUT2D eigenvalue weighted by molar-refractivity contribution is 5.77. The van der Waals surface area contributed by atoms with Crippen LogP contribution in [-0.4, -0.2) is 9.13 Å². The summed E-state index contributed by atoms with van der Waals surface area (Å²) < 4.78 is 14.0. The molecule has 0 N–H and O–H groups in total. The molecule has 0 radical (unpaired) electrons. The summed E-state index contributed by atoms with van der Waals surface area (Å²) in [5.74, 6) is 1.34. The van der Waals surface area contributed by atoms with Crippen molar-refractivity contribution in [2.45, 2.75) is 27.4 Å². The Morgan fingerprint density at radius 1 is 1.08 bits per heavy atom. The fourth-order valence-electron chi connectivity index (χ4n) is 2.91. The smallest absolute Gasteiger partial charge is 0.331 e. The van der Waals surface area contributed by atoms with Crippen LogP contribution in [0.2, 0.25) is 0 Å². The minimum absolute atomic E-state index is 0.177. The van der Waals surface area contributed by atoms with Gasteiger partial charge in [-0.15, -0.1) is 0 Å². The minimum atomic E-state index is -0.436. The summed E-state index contributed by atoms with van der Waals surface area (Å²) in [5.41, 5.74) is 2.75. The van der Waals surface area contributed by atoms with Crippen molar-refractivity contribution in [2.24, 2.45) is 14.1 Å². The van der Waals surface area contributed by atoms with E-state index in [4.69, 9.17) is 9.15 Å². The van der Waals surface area contributed by atoms with E-state index in [1.807, 2.05) is 32.0 Å². The molecule has 126 valence electrons. The maximum atomic E-state index is 12.2. The van der Waals surface area contributed by atoms with Crippen molar-refractivity contribution in [3.8, 4) is 5.75 Å². The van der Waals surface area contributed by atoms with Crippen LogP contribution in [0.4, 0.5) is 0 Å². The third-order valence-electron chi connectivity index (χ3n) is 4.29. The molecule has 3 rings (SSSR count). The zero-order valence-electron chi connectivity index (χ0n) is 14.5. The summed E-state index contributed by atoms with van der Waals surface area (Å²) in [4.78, 5) is 24.4. The average Bonchev–Trinajstić information content (AvgIpc) is 2.87. The molecule has 2 heterocycles. The number of hydrogen-bond donors (Lipinski definition) is 0. The topological polar surface area (TPSA) is 66.4 Å². The number of hydrogen-bond acceptors (Lipinski definition) is 4. The summed E-state index contributed by atoms with van der Waals surface area (Å²) >= 11 is 0. The molecular formula is C18H20N2O4. The predicted molar refractivity (Wildman–Crippen MR) is 91.7 cm³/mol. The van der Waals surface area contributed by atoms with Crippen LogP contribution < -0.4 is 16.0 Å². The lowest BCUT2D eigenvalue weighted by Gasteiger charge is -2.10. The van der Waals surface area contributed by atoms with Gasteiger partial charge < -0.3 is 9.15 Å². The molecule has 1 aromatic carbocycles. The number of fused-ring (bicyclic) bond motifs is 1. The molecule has 0 fully saturated rings. The van der Waals surface area contributed by atoms with Gasteiger partial charge in [0.05, 0.1) is 5.56 Å². The van der Waals surface area contributed by atoms with Crippen LogP contribution >= 0.6 is 0 Å². The van der Waals surface area contributed by atoms with Crippen LogP contribution in [-0.2, 0) is 20.7 Å². The Labute approximate surface area is 138 Å². The van der Waals surface area contributed by atoms with Crippen molar-refractivity contribution >= 4 is 11.1 Å². The number of nitrogens with zero attached hydrogens (tertiary/aromatic N) is 2. The number of rotatable bonds is 3. The molecule has 24 heavy (non-hydrogen) atoms. The zero-order valence-corrected chi connectivity index (χ0v) is 14.5. The highest BCUT2D eigenvalue weighted by Gasteiger charge is 2.20. The van der Waals surface area contributed by atoms with Gasteiger partial charge in [0.15, 0.2) is 0 Å². The molecule has 0 saturated carbocycles. The summed E-state index contributed by atoms with van der Waals surface area (Å²) in [7, 11) is 3.06. The van der Waals surface area contributed by atoms with Crippen LogP contribution in [0.5, 0.6) is 5.75 Å². The van der Waals surface area contributed by atoms with Crippen molar-refractivity contribution in [1.29, 1.82) is 0 Å². The van der Waals surface area contributed by atoms with Crippen LogP contribution in [0.15, 0.2) is 32.2 Å². The fraction of sp³-hybridized carbons (Fsp3) is 0.333. The second-order valence-electron chi connectivity index (χ2n) is 6.08. The van der Waals surface area contributed by atoms with Gasteiger partial charge >= 0.3 is 5.69 Å². The van der Waals surface area contributed by atoms with E-state index < -0.39 is 5.56 Å². The van der Waals surface area contributed by atoms with E-state index in [1.54, 1.807) is 14.0 Å². The van der Waals surface area contributed by atoms with Crippen LogP contribution in [0.25, 0.3) is 11.1 Å². The molecule has 0 amide bonds. The van der Waals surface area contributed by atoms with Gasteiger partial charge in [-0.05, 0) is 32.4 Å². The van der Waals surface area contributed by atoms with Crippen LogP contribution in [0, 0.1) is 20.8 Å². The molecule has 6 nitrogen and oxygen atoms in total. The van der Waals surface area contributed by atoms with Gasteiger partial charge in [-0.2, -0.15) is 0 Å². The monoisotopic (exact) mass is 328 g/mol. The van der Waals surface area contributed by atoms with Gasteiger partial charge in [0.1, 0.15) is 23.6 Å². The molecule has 0 bridgehead atoms. The summed E-state index contributed by atoms with van der Waals surface area (Å²) in [5, 5.41) is 0. The lowest BCUT2D eigenvalue weighted by molar-refractivity contribution is 0.302. The largest absolute Gasteiger partial charge is 0.488 e. The van der Waals surface area contributed by atoms with Crippen molar-refractivity contribution in [2.75, 3.05) is 0 Å². The van der Waals surface area contributed by atoms with Crippen molar-refractivity contribution in [1.82, 2.24) is 9.13 Å². The second kappa shape index (κ2) is 5.70. The van der Waals surface area contributed by atoms with E-state index in [1.165, 1.54) is 11.6 Å². The first-order valence-electron chi connectivity index (χ1n) is 7.69. The normalized spacial score (nSPS) is 11.2. The second-order valence-corrected chi connectivity index (χ2v) is 6.08. The fourth-order valence-corrected chi connectivity index (χ4v) is 2.91. The Kier molecular flexibility index (Phi) is 3.83. The molecule has 0 saturated heterocycles. The first kappa shape index (κ1) is 16.1. The zero-order chi connectivity index (χ0) is 17.6. The molecule has 0 unspecified atom stereocenters. The molecule has 0 aliphatic rings. The quantitative estimate of drug-likeness (QED) is 0.740. The maximum absolute atomic E-state index is 12.2. The first-order valence-corrected chi connectivity index (χ1v) is 7.69. The van der Waals surface area contributed by atoms with Crippen molar-refractivity contribution in [3.63, 3.8) is 0 Å². The van der Waals surface area contributed by atoms with Crippen molar-refractivity contribution in [3.05, 3.63) is 61.5 Å². The van der Waals surface area contributed by atoms with Crippen LogP contribution in [0.1, 0.15) is 22.5 Å². The standard InChI is InChI=1S/C18H20N2O4/c1-10-6-7-14(11(2)8-10)23-9-13-12(3)24-16-15(13)19(4)18(22)20(5)17(16)21/h6-8H,9H2,1-5H3. The molecule has 2 aromatic heterocycles. The van der Waals surface area contributed by atoms with Crippen LogP contribution in [0.3, 0.4) is 0 Å². The Morgan fingerprint density at radius 2 is 1.79 bits per heavy atom. The SMILES string of the molecule is Cc1ccc(OCc2c(C)oc3c(=O)n(C)c(=O)n(C)c23)c(C)c1. The number of furan rings is 1. The minimum Gasteiger partial charge on any atom is -0.488 e. The summed E-state index contributed by atoms with van der Waals surface area (Å²) in [6, 6.07) is 5.94. The maximum Gasteiger partial charge on any atom is 0.331 e. The molecular weight excluding hydrogens is 308 g/mol. The molecule has 6 heteroatoms. The Balaban J connectivity index is 2.09. The molecule has 3 aromatic rings. The van der Waals surface area contributed by atoms with E-state index in [0.29, 0.717) is 16.8 Å². The van der Waals surface area contributed by atoms with Gasteiger partial charge in [-0.3, -0.25) is 13.9 Å². The van der Waals surface area contributed by atoms with E-state index in [0.717, 1.165) is 21.4 Å². The molecule has 0 aliphatic heterocycles. The lowest BCUT2D eigenvalue weighted by Crippen LogP contribution is -2.36. The van der Waals surface area contributed by atoms with Gasteiger partial charge in [-0.1, -0.05) is 17.7 Å². The van der Waals surface area contributed by atoms with E-state index in [2.05, 4.69) is 0 Å². The highest BCUT2D eigenvalue weighted by Crippen LogP contribution is 2.25. The number of aryl methyl sites for hydroxylation is 4. The summed E-state index contributed by atoms with van der Waals surface area (Å²) in [6.07, 6.45) is 0. The Morgan fingerprint density at radius 3 is 2.46 bits per heavy atom. The van der Waals surface area contributed by atoms with E-state index in [-0.39, 0.29) is 17.9 Å². The van der Waals surface area contributed by atoms with Gasteiger partial charge in [0.2, 0.25) is 5.58 Å². The van der Waals surface area contributed by atoms with Crippen molar-refractivity contribution < 1.29 is 9.15 Å². The number of aromatic nitrogens is 2. The Bertz CT molecular complexity index is 1050.